The van der Waals surface area contributed by atoms with Crippen LogP contribution in [0.4, 0.5) is 0 Å². The number of carbonyl (C=O) groups excluding carboxylic acids is 1. The van der Waals surface area contributed by atoms with Crippen LogP contribution in [-0.4, -0.2) is 35.0 Å². The average molecular weight is 328 g/mol. The number of carboxylic acid groups (broad SMARTS) is 1. The quantitative estimate of drug-likeness (QED) is 0.866. The molecule has 1 amide bonds. The lowest BCUT2D eigenvalue weighted by Gasteiger charge is -2.29. The molecule has 1 saturated heterocycles. The van der Waals surface area contributed by atoms with Crippen molar-refractivity contribution in [3.05, 3.63) is 39.9 Å². The molecule has 0 aromatic heterocycles. The Labute approximate surface area is 133 Å². The van der Waals surface area contributed by atoms with Crippen molar-refractivity contribution in [2.45, 2.75) is 12.8 Å². The van der Waals surface area contributed by atoms with E-state index in [1.165, 1.54) is 6.08 Å². The van der Waals surface area contributed by atoms with E-state index >= 15 is 0 Å². The van der Waals surface area contributed by atoms with Gasteiger partial charge in [-0.3, -0.25) is 9.59 Å². The molecule has 0 radical (unpaired) electrons. The molecule has 112 valence electrons. The second-order valence-corrected chi connectivity index (χ2v) is 5.76. The first-order chi connectivity index (χ1) is 9.97. The van der Waals surface area contributed by atoms with Crippen molar-refractivity contribution in [2.75, 3.05) is 13.1 Å². The van der Waals surface area contributed by atoms with Gasteiger partial charge in [0, 0.05) is 19.2 Å². The van der Waals surface area contributed by atoms with Gasteiger partial charge in [0.25, 0.3) is 0 Å². The zero-order chi connectivity index (χ0) is 15.4. The molecule has 1 fully saturated rings. The fourth-order valence-corrected chi connectivity index (χ4v) is 2.54. The van der Waals surface area contributed by atoms with Gasteiger partial charge < -0.3 is 10.0 Å². The summed E-state index contributed by atoms with van der Waals surface area (Å²) in [5.74, 6) is -1.24. The van der Waals surface area contributed by atoms with Crippen LogP contribution >= 0.6 is 23.2 Å². The van der Waals surface area contributed by atoms with Crippen molar-refractivity contribution in [1.82, 2.24) is 4.90 Å². The molecular weight excluding hydrogens is 313 g/mol. The van der Waals surface area contributed by atoms with E-state index in [9.17, 15) is 9.59 Å². The monoisotopic (exact) mass is 327 g/mol. The van der Waals surface area contributed by atoms with Gasteiger partial charge >= 0.3 is 5.97 Å². The van der Waals surface area contributed by atoms with Crippen LogP contribution in [0, 0.1) is 5.92 Å². The number of likely N-dealkylation sites (tertiary alicyclic amines) is 1. The molecule has 0 aliphatic carbocycles. The molecule has 21 heavy (non-hydrogen) atoms. The molecular formula is C15H15Cl2NO3. The maximum Gasteiger partial charge on any atom is 0.306 e. The third-order valence-electron chi connectivity index (χ3n) is 3.52. The number of benzene rings is 1. The molecule has 1 aliphatic rings. The zero-order valence-electron chi connectivity index (χ0n) is 11.3. The van der Waals surface area contributed by atoms with Gasteiger partial charge in [-0.1, -0.05) is 29.3 Å². The highest BCUT2D eigenvalue weighted by Crippen LogP contribution is 2.23. The number of nitrogens with zero attached hydrogens (tertiary/aromatic N) is 1. The molecule has 0 saturated carbocycles. The minimum absolute atomic E-state index is 0.120. The van der Waals surface area contributed by atoms with Crippen molar-refractivity contribution in [1.29, 1.82) is 0 Å². The summed E-state index contributed by atoms with van der Waals surface area (Å²) in [6, 6.07) is 5.13. The summed E-state index contributed by atoms with van der Waals surface area (Å²) in [5.41, 5.74) is 0.790. The van der Waals surface area contributed by atoms with E-state index in [-0.39, 0.29) is 11.8 Å². The molecule has 1 aliphatic heterocycles. The summed E-state index contributed by atoms with van der Waals surface area (Å²) in [6.45, 7) is 0.947. The van der Waals surface area contributed by atoms with Gasteiger partial charge in [0.1, 0.15) is 0 Å². The number of carboxylic acids is 1. The molecule has 1 aromatic rings. The predicted molar refractivity (Wildman–Crippen MR) is 82.4 cm³/mol. The summed E-state index contributed by atoms with van der Waals surface area (Å²) in [5, 5.41) is 9.83. The van der Waals surface area contributed by atoms with Gasteiger partial charge in [-0.25, -0.2) is 0 Å². The number of hydrogen-bond acceptors (Lipinski definition) is 2. The average Bonchev–Trinajstić information content (AvgIpc) is 2.48. The molecule has 0 unspecified atom stereocenters. The highest BCUT2D eigenvalue weighted by molar-refractivity contribution is 6.42. The fourth-order valence-electron chi connectivity index (χ4n) is 2.24. The lowest BCUT2D eigenvalue weighted by Crippen LogP contribution is -2.39. The maximum absolute atomic E-state index is 12.0. The van der Waals surface area contributed by atoms with Gasteiger partial charge in [-0.05, 0) is 36.6 Å². The molecule has 1 heterocycles. The van der Waals surface area contributed by atoms with Gasteiger partial charge in [-0.15, -0.1) is 0 Å². The van der Waals surface area contributed by atoms with Gasteiger partial charge in [-0.2, -0.15) is 0 Å². The Balaban J connectivity index is 1.94. The molecule has 1 aromatic carbocycles. The molecule has 6 heteroatoms. The van der Waals surface area contributed by atoms with Crippen molar-refractivity contribution in [2.24, 2.45) is 5.92 Å². The standard InChI is InChI=1S/C15H15Cl2NO3/c16-12-3-1-10(9-13(12)17)2-4-14(19)18-7-5-11(6-8-18)15(20)21/h1-4,9,11H,5-8H2,(H,20,21). The molecule has 1 N–H and O–H groups in total. The Bertz CT molecular complexity index is 578. The Morgan fingerprint density at radius 2 is 1.86 bits per heavy atom. The van der Waals surface area contributed by atoms with Crippen LogP contribution in [0.1, 0.15) is 18.4 Å². The number of piperidine rings is 1. The predicted octanol–water partition coefficient (Wildman–Crippen LogP) is 3.33. The lowest BCUT2D eigenvalue weighted by molar-refractivity contribution is -0.144. The molecule has 0 spiro atoms. The second kappa shape index (κ2) is 6.96. The summed E-state index contributed by atoms with van der Waals surface area (Å²) in [4.78, 5) is 24.6. The zero-order valence-corrected chi connectivity index (χ0v) is 12.8. The van der Waals surface area contributed by atoms with E-state index in [0.29, 0.717) is 36.0 Å². The Morgan fingerprint density at radius 3 is 2.43 bits per heavy atom. The van der Waals surface area contributed by atoms with Crippen LogP contribution in [0.3, 0.4) is 0 Å². The third kappa shape index (κ3) is 4.22. The van der Waals surface area contributed by atoms with Crippen LogP contribution in [0.5, 0.6) is 0 Å². The first-order valence-electron chi connectivity index (χ1n) is 6.62. The minimum Gasteiger partial charge on any atom is -0.481 e. The molecule has 0 atom stereocenters. The van der Waals surface area contributed by atoms with Crippen molar-refractivity contribution in [3.8, 4) is 0 Å². The molecule has 4 nitrogen and oxygen atoms in total. The largest absolute Gasteiger partial charge is 0.481 e. The first-order valence-corrected chi connectivity index (χ1v) is 7.38. The van der Waals surface area contributed by atoms with E-state index in [2.05, 4.69) is 0 Å². The number of halogens is 2. The highest BCUT2D eigenvalue weighted by Gasteiger charge is 2.25. The topological polar surface area (TPSA) is 57.6 Å². The lowest BCUT2D eigenvalue weighted by atomic mass is 9.97. The van der Waals surface area contributed by atoms with E-state index in [1.807, 2.05) is 0 Å². The summed E-state index contributed by atoms with van der Waals surface area (Å²) in [6.07, 6.45) is 4.15. The Morgan fingerprint density at radius 1 is 1.19 bits per heavy atom. The number of carbonyl (C=O) groups is 2. The Kier molecular flexibility index (Phi) is 5.26. The number of amides is 1. The van der Waals surface area contributed by atoms with Crippen molar-refractivity contribution >= 4 is 41.2 Å². The van der Waals surface area contributed by atoms with Gasteiger partial charge in [0.15, 0.2) is 0 Å². The summed E-state index contributed by atoms with van der Waals surface area (Å²) in [7, 11) is 0. The van der Waals surface area contributed by atoms with E-state index < -0.39 is 5.97 Å². The number of aliphatic carboxylic acids is 1. The molecule has 2 rings (SSSR count). The third-order valence-corrected chi connectivity index (χ3v) is 4.26. The normalized spacial score (nSPS) is 16.4. The number of rotatable bonds is 3. The van der Waals surface area contributed by atoms with E-state index in [4.69, 9.17) is 28.3 Å². The second-order valence-electron chi connectivity index (χ2n) is 4.94. The van der Waals surface area contributed by atoms with Crippen molar-refractivity contribution < 1.29 is 14.7 Å². The van der Waals surface area contributed by atoms with Crippen LogP contribution in [0.25, 0.3) is 6.08 Å². The van der Waals surface area contributed by atoms with Crippen LogP contribution in [-0.2, 0) is 9.59 Å². The van der Waals surface area contributed by atoms with E-state index in [0.717, 1.165) is 5.56 Å². The molecule has 0 bridgehead atoms. The smallest absolute Gasteiger partial charge is 0.306 e. The van der Waals surface area contributed by atoms with Gasteiger partial charge in [0.2, 0.25) is 5.91 Å². The Hall–Kier alpha value is -1.52. The van der Waals surface area contributed by atoms with Crippen LogP contribution in [0.2, 0.25) is 10.0 Å². The van der Waals surface area contributed by atoms with Crippen LogP contribution < -0.4 is 0 Å². The SMILES string of the molecule is O=C(O)C1CCN(C(=O)C=Cc2ccc(Cl)c(Cl)c2)CC1. The number of hydrogen-bond donors (Lipinski definition) is 1. The fraction of sp³-hybridized carbons (Fsp3) is 0.333. The minimum atomic E-state index is -0.784. The van der Waals surface area contributed by atoms with Crippen molar-refractivity contribution in [3.63, 3.8) is 0 Å². The highest BCUT2D eigenvalue weighted by atomic mass is 35.5. The first kappa shape index (κ1) is 15.9. The van der Waals surface area contributed by atoms with Crippen LogP contribution in [0.15, 0.2) is 24.3 Å². The van der Waals surface area contributed by atoms with Gasteiger partial charge in [0.05, 0.1) is 16.0 Å². The maximum atomic E-state index is 12.0. The summed E-state index contributed by atoms with van der Waals surface area (Å²) >= 11 is 11.7. The van der Waals surface area contributed by atoms with E-state index in [1.54, 1.807) is 29.2 Å². The summed E-state index contributed by atoms with van der Waals surface area (Å²) < 4.78 is 0.